The Hall–Kier alpha value is -0.680. The van der Waals surface area contributed by atoms with Gasteiger partial charge in [0, 0.05) is 25.0 Å². The van der Waals surface area contributed by atoms with Gasteiger partial charge in [0.25, 0.3) is 0 Å². The Morgan fingerprint density at radius 2 is 2.18 bits per heavy atom. The van der Waals surface area contributed by atoms with E-state index in [1.165, 1.54) is 0 Å². The zero-order valence-corrected chi connectivity index (χ0v) is 12.0. The van der Waals surface area contributed by atoms with Gasteiger partial charge in [-0.15, -0.1) is 0 Å². The highest BCUT2D eigenvalue weighted by atomic mass is 32.1. The normalized spacial score (nSPS) is 21.1. The summed E-state index contributed by atoms with van der Waals surface area (Å²) in [6.07, 6.45) is 0.874. The minimum atomic E-state index is -0.440. The third-order valence-corrected chi connectivity index (χ3v) is 4.24. The Morgan fingerprint density at radius 3 is 2.71 bits per heavy atom. The molecule has 1 aliphatic heterocycles. The summed E-state index contributed by atoms with van der Waals surface area (Å²) in [5.41, 5.74) is 5.12. The summed E-state index contributed by atoms with van der Waals surface area (Å²) >= 11 is 5.06. The molecule has 5 heteroatoms. The van der Waals surface area contributed by atoms with Gasteiger partial charge in [-0.2, -0.15) is 0 Å². The van der Waals surface area contributed by atoms with Crippen LogP contribution < -0.4 is 11.1 Å². The van der Waals surface area contributed by atoms with Crippen molar-refractivity contribution in [3.05, 3.63) is 0 Å². The SMILES string of the molecule is CC(C)(CCN1CCNC(=O)C1(C)C)C(N)=S. The summed E-state index contributed by atoms with van der Waals surface area (Å²) in [7, 11) is 0. The number of hydrogen-bond donors (Lipinski definition) is 2. The molecular formula is C12H23N3OS. The van der Waals surface area contributed by atoms with Crippen LogP contribution >= 0.6 is 12.2 Å². The largest absolute Gasteiger partial charge is 0.393 e. The van der Waals surface area contributed by atoms with Gasteiger partial charge in [-0.25, -0.2) is 0 Å². The number of amides is 1. The van der Waals surface area contributed by atoms with Crippen molar-refractivity contribution >= 4 is 23.1 Å². The maximum absolute atomic E-state index is 11.8. The molecule has 4 nitrogen and oxygen atoms in total. The molecule has 0 bridgehead atoms. The smallest absolute Gasteiger partial charge is 0.239 e. The summed E-state index contributed by atoms with van der Waals surface area (Å²) < 4.78 is 0. The van der Waals surface area contributed by atoms with Gasteiger partial charge in [-0.1, -0.05) is 26.1 Å². The number of nitrogens with two attached hydrogens (primary N) is 1. The minimum absolute atomic E-state index is 0.0943. The molecule has 0 atom stereocenters. The second-order valence-corrected chi connectivity index (χ2v) is 6.24. The van der Waals surface area contributed by atoms with Crippen LogP contribution in [-0.2, 0) is 4.79 Å². The van der Waals surface area contributed by atoms with Crippen molar-refractivity contribution in [2.75, 3.05) is 19.6 Å². The fraction of sp³-hybridized carbons (Fsp3) is 0.833. The number of nitrogens with one attached hydrogen (secondary N) is 1. The van der Waals surface area contributed by atoms with E-state index in [2.05, 4.69) is 10.2 Å². The van der Waals surface area contributed by atoms with Crippen molar-refractivity contribution in [3.63, 3.8) is 0 Å². The van der Waals surface area contributed by atoms with Gasteiger partial charge in [0.05, 0.1) is 10.5 Å². The average molecular weight is 257 g/mol. The Morgan fingerprint density at radius 1 is 1.59 bits per heavy atom. The van der Waals surface area contributed by atoms with Gasteiger partial charge in [-0.05, 0) is 20.3 Å². The quantitative estimate of drug-likeness (QED) is 0.735. The van der Waals surface area contributed by atoms with Crippen LogP contribution in [0.15, 0.2) is 0 Å². The molecule has 17 heavy (non-hydrogen) atoms. The molecule has 0 saturated carbocycles. The summed E-state index contributed by atoms with van der Waals surface area (Å²) in [5.74, 6) is 0.0943. The van der Waals surface area contributed by atoms with Crippen LogP contribution in [-0.4, -0.2) is 41.0 Å². The van der Waals surface area contributed by atoms with E-state index < -0.39 is 5.54 Å². The highest BCUT2D eigenvalue weighted by molar-refractivity contribution is 7.80. The average Bonchev–Trinajstić information content (AvgIpc) is 2.20. The highest BCUT2D eigenvalue weighted by Crippen LogP contribution is 2.24. The van der Waals surface area contributed by atoms with Crippen LogP contribution in [0.5, 0.6) is 0 Å². The van der Waals surface area contributed by atoms with E-state index in [9.17, 15) is 4.79 Å². The first-order chi connectivity index (χ1) is 7.68. The molecule has 0 aliphatic carbocycles. The van der Waals surface area contributed by atoms with Crippen molar-refractivity contribution in [2.45, 2.75) is 39.7 Å². The molecule has 0 spiro atoms. The number of carbonyl (C=O) groups is 1. The predicted molar refractivity (Wildman–Crippen MR) is 73.8 cm³/mol. The Balaban J connectivity index is 2.63. The molecule has 1 fully saturated rings. The Kier molecular flexibility index (Phi) is 4.15. The lowest BCUT2D eigenvalue weighted by Crippen LogP contribution is -2.62. The van der Waals surface area contributed by atoms with Gasteiger partial charge in [0.15, 0.2) is 0 Å². The zero-order valence-electron chi connectivity index (χ0n) is 11.2. The lowest BCUT2D eigenvalue weighted by molar-refractivity contribution is -0.135. The first-order valence-electron chi connectivity index (χ1n) is 6.01. The molecule has 1 heterocycles. The van der Waals surface area contributed by atoms with E-state index in [0.29, 0.717) is 4.99 Å². The fourth-order valence-electron chi connectivity index (χ4n) is 1.87. The first-order valence-corrected chi connectivity index (χ1v) is 6.42. The van der Waals surface area contributed by atoms with E-state index in [1.807, 2.05) is 27.7 Å². The third-order valence-electron chi connectivity index (χ3n) is 3.69. The fourth-order valence-corrected chi connectivity index (χ4v) is 1.97. The molecule has 1 saturated heterocycles. The molecule has 3 N–H and O–H groups in total. The van der Waals surface area contributed by atoms with Crippen LogP contribution in [0.2, 0.25) is 0 Å². The Bertz CT molecular complexity index is 326. The summed E-state index contributed by atoms with van der Waals surface area (Å²) in [4.78, 5) is 14.5. The Labute approximate surface area is 109 Å². The van der Waals surface area contributed by atoms with Crippen molar-refractivity contribution in [2.24, 2.45) is 11.1 Å². The third kappa shape index (κ3) is 3.16. The van der Waals surface area contributed by atoms with Crippen LogP contribution in [0.4, 0.5) is 0 Å². The van der Waals surface area contributed by atoms with Gasteiger partial charge >= 0.3 is 0 Å². The predicted octanol–water partition coefficient (Wildman–Crippen LogP) is 0.899. The second-order valence-electron chi connectivity index (χ2n) is 5.80. The molecule has 98 valence electrons. The number of nitrogens with zero attached hydrogens (tertiary/aromatic N) is 1. The lowest BCUT2D eigenvalue weighted by Gasteiger charge is -2.42. The first kappa shape index (κ1) is 14.4. The maximum atomic E-state index is 11.8. The number of piperazine rings is 1. The van der Waals surface area contributed by atoms with Gasteiger partial charge in [-0.3, -0.25) is 9.69 Å². The molecule has 0 unspecified atom stereocenters. The van der Waals surface area contributed by atoms with Crippen molar-refractivity contribution < 1.29 is 4.79 Å². The van der Waals surface area contributed by atoms with Crippen LogP contribution in [0.1, 0.15) is 34.1 Å². The molecule has 1 aliphatic rings. The number of thiocarbonyl (C=S) groups is 1. The van der Waals surface area contributed by atoms with Gasteiger partial charge in [0.1, 0.15) is 0 Å². The molecule has 0 aromatic heterocycles. The van der Waals surface area contributed by atoms with E-state index in [-0.39, 0.29) is 11.3 Å². The highest BCUT2D eigenvalue weighted by Gasteiger charge is 2.38. The molecule has 1 amide bonds. The minimum Gasteiger partial charge on any atom is -0.393 e. The van der Waals surface area contributed by atoms with Crippen molar-refractivity contribution in [3.8, 4) is 0 Å². The molecule has 0 aromatic rings. The second kappa shape index (κ2) is 4.90. The molecule has 0 aromatic carbocycles. The monoisotopic (exact) mass is 257 g/mol. The van der Waals surface area contributed by atoms with E-state index in [4.69, 9.17) is 18.0 Å². The van der Waals surface area contributed by atoms with Gasteiger partial charge < -0.3 is 11.1 Å². The number of carbonyl (C=O) groups excluding carboxylic acids is 1. The van der Waals surface area contributed by atoms with E-state index in [0.717, 1.165) is 26.1 Å². The summed E-state index contributed by atoms with van der Waals surface area (Å²) in [6.45, 7) is 10.4. The molecule has 1 rings (SSSR count). The topological polar surface area (TPSA) is 58.4 Å². The number of hydrogen-bond acceptors (Lipinski definition) is 3. The number of rotatable bonds is 4. The summed E-state index contributed by atoms with van der Waals surface area (Å²) in [5, 5.41) is 2.89. The van der Waals surface area contributed by atoms with Crippen molar-refractivity contribution in [1.82, 2.24) is 10.2 Å². The zero-order chi connectivity index (χ0) is 13.3. The maximum Gasteiger partial charge on any atom is 0.239 e. The van der Waals surface area contributed by atoms with Gasteiger partial charge in [0.2, 0.25) is 5.91 Å². The summed E-state index contributed by atoms with van der Waals surface area (Å²) in [6, 6.07) is 0. The standard InChI is InChI=1S/C12H23N3OS/c1-11(2,9(13)17)5-7-15-8-6-14-10(16)12(15,3)4/h5-8H2,1-4H3,(H2,13,17)(H,14,16). The van der Waals surface area contributed by atoms with Crippen LogP contribution in [0.25, 0.3) is 0 Å². The molecular weight excluding hydrogens is 234 g/mol. The van der Waals surface area contributed by atoms with Crippen molar-refractivity contribution in [1.29, 1.82) is 0 Å². The lowest BCUT2D eigenvalue weighted by atomic mass is 9.88. The molecule has 0 radical (unpaired) electrons. The van der Waals surface area contributed by atoms with Crippen LogP contribution in [0.3, 0.4) is 0 Å². The van der Waals surface area contributed by atoms with E-state index in [1.54, 1.807) is 0 Å². The van der Waals surface area contributed by atoms with E-state index >= 15 is 0 Å². The van der Waals surface area contributed by atoms with Crippen LogP contribution in [0, 0.1) is 5.41 Å².